The van der Waals surface area contributed by atoms with Gasteiger partial charge in [-0.25, -0.2) is 4.98 Å². The van der Waals surface area contributed by atoms with E-state index in [1.165, 1.54) is 0 Å². The number of nitrogens with zero attached hydrogens (tertiary/aromatic N) is 2. The van der Waals surface area contributed by atoms with Crippen LogP contribution in [0, 0.1) is 6.92 Å². The van der Waals surface area contributed by atoms with Gasteiger partial charge in [-0.3, -0.25) is 0 Å². The van der Waals surface area contributed by atoms with Crippen molar-refractivity contribution in [1.29, 1.82) is 0 Å². The third kappa shape index (κ3) is 4.44. The summed E-state index contributed by atoms with van der Waals surface area (Å²) >= 11 is 5.84. The van der Waals surface area contributed by atoms with Crippen LogP contribution in [0.3, 0.4) is 0 Å². The van der Waals surface area contributed by atoms with Gasteiger partial charge in [-0.1, -0.05) is 6.07 Å². The van der Waals surface area contributed by atoms with Crippen molar-refractivity contribution in [1.82, 2.24) is 4.98 Å². The molecule has 102 valence electrons. The van der Waals surface area contributed by atoms with Crippen molar-refractivity contribution in [2.75, 3.05) is 45.4 Å². The van der Waals surface area contributed by atoms with Crippen molar-refractivity contribution >= 4 is 17.4 Å². The molecule has 0 aliphatic rings. The summed E-state index contributed by atoms with van der Waals surface area (Å²) in [5.41, 5.74) is 2.04. The first-order chi connectivity index (χ1) is 8.72. The first-order valence-electron chi connectivity index (χ1n) is 5.98. The van der Waals surface area contributed by atoms with E-state index in [0.717, 1.165) is 30.2 Å². The predicted octanol–water partition coefficient (Wildman–Crippen LogP) is 2.23. The molecule has 0 aromatic carbocycles. The van der Waals surface area contributed by atoms with Gasteiger partial charge in [0, 0.05) is 38.9 Å². The van der Waals surface area contributed by atoms with E-state index < -0.39 is 0 Å². The molecular formula is C13H21ClN2O2. The monoisotopic (exact) mass is 272 g/mol. The number of alkyl halides is 1. The largest absolute Gasteiger partial charge is 0.383 e. The van der Waals surface area contributed by atoms with Gasteiger partial charge in [0.25, 0.3) is 0 Å². The number of rotatable bonds is 8. The van der Waals surface area contributed by atoms with Crippen LogP contribution in [0.1, 0.15) is 11.3 Å². The Morgan fingerprint density at radius 1 is 1.17 bits per heavy atom. The van der Waals surface area contributed by atoms with Crippen LogP contribution in [-0.2, 0) is 15.4 Å². The Kier molecular flexibility index (Phi) is 7.01. The standard InChI is InChI=1S/C13H21ClN2O2/c1-11-12(10-14)4-5-13(15-11)16(6-8-17-2)7-9-18-3/h4-5H,6-10H2,1-3H3. The fourth-order valence-electron chi connectivity index (χ4n) is 1.64. The fourth-order valence-corrected chi connectivity index (χ4v) is 1.92. The van der Waals surface area contributed by atoms with Crippen LogP contribution in [0.5, 0.6) is 0 Å². The van der Waals surface area contributed by atoms with Crippen LogP contribution in [0.4, 0.5) is 5.82 Å². The van der Waals surface area contributed by atoms with Gasteiger partial charge in [0.2, 0.25) is 0 Å². The molecule has 4 nitrogen and oxygen atoms in total. The quantitative estimate of drug-likeness (QED) is 0.680. The van der Waals surface area contributed by atoms with E-state index in [0.29, 0.717) is 19.1 Å². The van der Waals surface area contributed by atoms with Crippen molar-refractivity contribution in [3.05, 3.63) is 23.4 Å². The molecule has 0 spiro atoms. The minimum atomic E-state index is 0.495. The molecule has 0 amide bonds. The Balaban J connectivity index is 2.79. The summed E-state index contributed by atoms with van der Waals surface area (Å²) in [6, 6.07) is 4.02. The summed E-state index contributed by atoms with van der Waals surface area (Å²) in [6.07, 6.45) is 0. The Labute approximate surface area is 114 Å². The highest BCUT2D eigenvalue weighted by Gasteiger charge is 2.09. The number of methoxy groups -OCH3 is 2. The van der Waals surface area contributed by atoms with E-state index in [9.17, 15) is 0 Å². The molecule has 1 aromatic heterocycles. The van der Waals surface area contributed by atoms with Crippen molar-refractivity contribution < 1.29 is 9.47 Å². The number of hydrogen-bond donors (Lipinski definition) is 0. The molecule has 0 N–H and O–H groups in total. The smallest absolute Gasteiger partial charge is 0.128 e. The SMILES string of the molecule is COCCN(CCOC)c1ccc(CCl)c(C)n1. The molecule has 0 radical (unpaired) electrons. The van der Waals surface area contributed by atoms with Crippen LogP contribution in [0.15, 0.2) is 12.1 Å². The molecular weight excluding hydrogens is 252 g/mol. The molecule has 0 saturated heterocycles. The maximum atomic E-state index is 5.84. The van der Waals surface area contributed by atoms with Gasteiger partial charge in [-0.15, -0.1) is 11.6 Å². The van der Waals surface area contributed by atoms with E-state index in [-0.39, 0.29) is 0 Å². The fraction of sp³-hybridized carbons (Fsp3) is 0.615. The molecule has 0 atom stereocenters. The lowest BCUT2D eigenvalue weighted by atomic mass is 10.2. The summed E-state index contributed by atoms with van der Waals surface area (Å²) in [5, 5.41) is 0. The van der Waals surface area contributed by atoms with Crippen molar-refractivity contribution in [2.45, 2.75) is 12.8 Å². The second kappa shape index (κ2) is 8.29. The predicted molar refractivity (Wildman–Crippen MR) is 74.5 cm³/mol. The number of aromatic nitrogens is 1. The zero-order valence-corrected chi connectivity index (χ0v) is 12.0. The Morgan fingerprint density at radius 3 is 2.22 bits per heavy atom. The van der Waals surface area contributed by atoms with Gasteiger partial charge >= 0.3 is 0 Å². The normalized spacial score (nSPS) is 10.7. The van der Waals surface area contributed by atoms with Crippen LogP contribution in [0.25, 0.3) is 0 Å². The van der Waals surface area contributed by atoms with Crippen LogP contribution in [0.2, 0.25) is 0 Å². The van der Waals surface area contributed by atoms with E-state index in [1.54, 1.807) is 14.2 Å². The number of aryl methyl sites for hydroxylation is 1. The second-order valence-electron chi connectivity index (χ2n) is 4.02. The third-order valence-corrected chi connectivity index (χ3v) is 3.07. The summed E-state index contributed by atoms with van der Waals surface area (Å²) in [7, 11) is 3.40. The van der Waals surface area contributed by atoms with Gasteiger partial charge < -0.3 is 14.4 Å². The van der Waals surface area contributed by atoms with Gasteiger partial charge in [0.1, 0.15) is 5.82 Å². The maximum Gasteiger partial charge on any atom is 0.128 e. The molecule has 0 unspecified atom stereocenters. The molecule has 0 fully saturated rings. The minimum Gasteiger partial charge on any atom is -0.383 e. The van der Waals surface area contributed by atoms with Crippen LogP contribution >= 0.6 is 11.6 Å². The van der Waals surface area contributed by atoms with Gasteiger partial charge in [-0.2, -0.15) is 0 Å². The molecule has 0 bridgehead atoms. The van der Waals surface area contributed by atoms with Crippen LogP contribution < -0.4 is 4.90 Å². The summed E-state index contributed by atoms with van der Waals surface area (Å²) < 4.78 is 10.2. The summed E-state index contributed by atoms with van der Waals surface area (Å²) in [4.78, 5) is 6.73. The minimum absolute atomic E-state index is 0.495. The van der Waals surface area contributed by atoms with E-state index >= 15 is 0 Å². The highest BCUT2D eigenvalue weighted by molar-refractivity contribution is 6.17. The van der Waals surface area contributed by atoms with E-state index in [2.05, 4.69) is 9.88 Å². The highest BCUT2D eigenvalue weighted by atomic mass is 35.5. The second-order valence-corrected chi connectivity index (χ2v) is 4.29. The molecule has 0 aliphatic carbocycles. The molecule has 0 aliphatic heterocycles. The maximum absolute atomic E-state index is 5.84. The molecule has 1 rings (SSSR count). The molecule has 5 heteroatoms. The average molecular weight is 273 g/mol. The molecule has 0 saturated carbocycles. The van der Waals surface area contributed by atoms with Crippen LogP contribution in [-0.4, -0.2) is 45.5 Å². The highest BCUT2D eigenvalue weighted by Crippen LogP contribution is 2.16. The van der Waals surface area contributed by atoms with Gasteiger partial charge in [-0.05, 0) is 18.6 Å². The van der Waals surface area contributed by atoms with E-state index in [4.69, 9.17) is 21.1 Å². The number of hydrogen-bond acceptors (Lipinski definition) is 4. The Bertz CT molecular complexity index is 353. The Hall–Kier alpha value is -0.840. The third-order valence-electron chi connectivity index (χ3n) is 2.78. The summed E-state index contributed by atoms with van der Waals surface area (Å²) in [5.74, 6) is 1.44. The topological polar surface area (TPSA) is 34.6 Å². The number of anilines is 1. The first-order valence-corrected chi connectivity index (χ1v) is 6.51. The lowest BCUT2D eigenvalue weighted by molar-refractivity contribution is 0.190. The number of halogens is 1. The Morgan fingerprint density at radius 2 is 1.78 bits per heavy atom. The van der Waals surface area contributed by atoms with Crippen molar-refractivity contribution in [3.8, 4) is 0 Å². The van der Waals surface area contributed by atoms with Gasteiger partial charge in [0.05, 0.1) is 13.2 Å². The number of pyridine rings is 1. The zero-order chi connectivity index (χ0) is 13.4. The van der Waals surface area contributed by atoms with Crippen molar-refractivity contribution in [3.63, 3.8) is 0 Å². The lowest BCUT2D eigenvalue weighted by Gasteiger charge is -2.23. The zero-order valence-electron chi connectivity index (χ0n) is 11.3. The number of ether oxygens (including phenoxy) is 2. The van der Waals surface area contributed by atoms with E-state index in [1.807, 2.05) is 19.1 Å². The average Bonchev–Trinajstić information content (AvgIpc) is 2.39. The molecule has 1 heterocycles. The summed E-state index contributed by atoms with van der Waals surface area (Å²) in [6.45, 7) is 4.91. The van der Waals surface area contributed by atoms with Crippen molar-refractivity contribution in [2.24, 2.45) is 0 Å². The van der Waals surface area contributed by atoms with Gasteiger partial charge in [0.15, 0.2) is 0 Å². The first kappa shape index (κ1) is 15.2. The molecule has 18 heavy (non-hydrogen) atoms. The molecule has 1 aromatic rings. The lowest BCUT2D eigenvalue weighted by Crippen LogP contribution is -2.31.